The molecule has 1 saturated heterocycles. The number of amides is 1. The summed E-state index contributed by atoms with van der Waals surface area (Å²) in [4.78, 5) is 31.2. The van der Waals surface area contributed by atoms with Crippen LogP contribution in [-0.4, -0.2) is 39.1 Å². The number of halogens is 2. The van der Waals surface area contributed by atoms with Crippen LogP contribution in [0.4, 0.5) is 8.78 Å². The van der Waals surface area contributed by atoms with Crippen LogP contribution in [-0.2, 0) is 0 Å². The van der Waals surface area contributed by atoms with E-state index in [2.05, 4.69) is 4.98 Å². The minimum atomic E-state index is -0.781. The normalized spacial score (nSPS) is 14.9. The van der Waals surface area contributed by atoms with Crippen molar-refractivity contribution in [3.8, 4) is 0 Å². The summed E-state index contributed by atoms with van der Waals surface area (Å²) in [6, 6.07) is 6.55. The number of imidazole rings is 1. The van der Waals surface area contributed by atoms with Gasteiger partial charge in [-0.05, 0) is 43.2 Å². The lowest BCUT2D eigenvalue weighted by Crippen LogP contribution is -2.32. The summed E-state index contributed by atoms with van der Waals surface area (Å²) in [6.45, 7) is 1.32. The molecule has 3 heterocycles. The Morgan fingerprint density at radius 2 is 1.71 bits per heavy atom. The molecule has 1 aliphatic heterocycles. The van der Waals surface area contributed by atoms with Gasteiger partial charge in [0.05, 0.1) is 11.8 Å². The van der Waals surface area contributed by atoms with Crippen LogP contribution in [0.3, 0.4) is 0 Å². The molecule has 2 aromatic heterocycles. The molecule has 5 nitrogen and oxygen atoms in total. The van der Waals surface area contributed by atoms with Gasteiger partial charge >= 0.3 is 0 Å². The number of hydrogen-bond donors (Lipinski definition) is 0. The predicted octanol–water partition coefficient (Wildman–Crippen LogP) is 3.86. The Hall–Kier alpha value is -3.09. The number of rotatable bonds is 3. The third-order valence-electron chi connectivity index (χ3n) is 5.06. The quantitative estimate of drug-likeness (QED) is 0.646. The Morgan fingerprint density at radius 1 is 0.964 bits per heavy atom. The smallest absolute Gasteiger partial charge is 0.253 e. The van der Waals surface area contributed by atoms with Gasteiger partial charge in [0, 0.05) is 24.8 Å². The van der Waals surface area contributed by atoms with Gasteiger partial charge in [0.1, 0.15) is 23.0 Å². The second-order valence-corrected chi connectivity index (χ2v) is 6.95. The van der Waals surface area contributed by atoms with E-state index in [1.807, 2.05) is 0 Å². The second kappa shape index (κ2) is 7.50. The van der Waals surface area contributed by atoms with Crippen molar-refractivity contribution >= 4 is 17.3 Å². The molecule has 0 radical (unpaired) electrons. The lowest BCUT2D eigenvalue weighted by atomic mass is 10.0. The SMILES string of the molecule is O=C(c1ccc(C(=O)N2CCCCCC2)cc1F)c1cnc2ccc(F)cn12. The molecule has 144 valence electrons. The summed E-state index contributed by atoms with van der Waals surface area (Å²) in [7, 11) is 0. The number of likely N-dealkylation sites (tertiary alicyclic amines) is 1. The first-order valence-corrected chi connectivity index (χ1v) is 9.31. The van der Waals surface area contributed by atoms with Crippen LogP contribution >= 0.6 is 0 Å². The van der Waals surface area contributed by atoms with Gasteiger partial charge in [-0.2, -0.15) is 0 Å². The Bertz CT molecular complexity index is 1050. The van der Waals surface area contributed by atoms with E-state index in [1.54, 1.807) is 4.90 Å². The highest BCUT2D eigenvalue weighted by molar-refractivity contribution is 6.09. The van der Waals surface area contributed by atoms with Crippen LogP contribution in [0.5, 0.6) is 0 Å². The second-order valence-electron chi connectivity index (χ2n) is 6.95. The van der Waals surface area contributed by atoms with Crippen molar-refractivity contribution in [3.63, 3.8) is 0 Å². The van der Waals surface area contributed by atoms with Crippen molar-refractivity contribution in [1.82, 2.24) is 14.3 Å². The first-order chi connectivity index (χ1) is 13.5. The molecule has 0 atom stereocenters. The van der Waals surface area contributed by atoms with Crippen molar-refractivity contribution in [2.45, 2.75) is 25.7 Å². The number of hydrogen-bond acceptors (Lipinski definition) is 3. The topological polar surface area (TPSA) is 54.7 Å². The maximum Gasteiger partial charge on any atom is 0.253 e. The van der Waals surface area contributed by atoms with Crippen LogP contribution in [0.25, 0.3) is 5.65 Å². The van der Waals surface area contributed by atoms with Crippen LogP contribution in [0.1, 0.15) is 52.1 Å². The van der Waals surface area contributed by atoms with Crippen molar-refractivity contribution in [3.05, 3.63) is 71.2 Å². The van der Waals surface area contributed by atoms with Crippen LogP contribution in [0.2, 0.25) is 0 Å². The molecule has 0 spiro atoms. The number of aromatic nitrogens is 2. The fourth-order valence-electron chi connectivity index (χ4n) is 3.55. The van der Waals surface area contributed by atoms with Crippen LogP contribution in [0.15, 0.2) is 42.7 Å². The van der Waals surface area contributed by atoms with Gasteiger partial charge in [0.2, 0.25) is 5.78 Å². The standard InChI is InChI=1S/C21H19F2N3O2/c22-15-6-8-19-24-12-18(26(19)13-15)20(27)16-7-5-14(11-17(16)23)21(28)25-9-3-1-2-4-10-25/h5-8,11-13H,1-4,9-10H2. The van der Waals surface area contributed by atoms with Gasteiger partial charge in [0.15, 0.2) is 0 Å². The molecule has 7 heteroatoms. The Balaban J connectivity index is 1.62. The van der Waals surface area contributed by atoms with E-state index in [0.29, 0.717) is 18.7 Å². The number of carbonyl (C=O) groups is 2. The molecule has 0 aliphatic carbocycles. The third-order valence-corrected chi connectivity index (χ3v) is 5.06. The molecule has 3 aromatic rings. The van der Waals surface area contributed by atoms with E-state index in [0.717, 1.165) is 37.9 Å². The number of pyridine rings is 1. The summed E-state index contributed by atoms with van der Waals surface area (Å²) >= 11 is 0. The highest BCUT2D eigenvalue weighted by Gasteiger charge is 2.22. The fraction of sp³-hybridized carbons (Fsp3) is 0.286. The number of fused-ring (bicyclic) bond motifs is 1. The Morgan fingerprint density at radius 3 is 2.43 bits per heavy atom. The minimum absolute atomic E-state index is 0.0556. The van der Waals surface area contributed by atoms with Crippen molar-refractivity contribution < 1.29 is 18.4 Å². The highest BCUT2D eigenvalue weighted by atomic mass is 19.1. The molecular weight excluding hydrogens is 364 g/mol. The van der Waals surface area contributed by atoms with E-state index in [-0.39, 0.29) is 22.7 Å². The molecule has 1 fully saturated rings. The van der Waals surface area contributed by atoms with Gasteiger partial charge in [0.25, 0.3) is 5.91 Å². The molecule has 0 bridgehead atoms. The summed E-state index contributed by atoms with van der Waals surface area (Å²) < 4.78 is 29.5. The van der Waals surface area contributed by atoms with Gasteiger partial charge in [-0.3, -0.25) is 14.0 Å². The number of nitrogens with zero attached hydrogens (tertiary/aromatic N) is 3. The average Bonchev–Trinajstić information content (AvgIpc) is 2.91. The monoisotopic (exact) mass is 383 g/mol. The molecular formula is C21H19F2N3O2. The van der Waals surface area contributed by atoms with E-state index in [9.17, 15) is 18.4 Å². The molecule has 1 amide bonds. The van der Waals surface area contributed by atoms with E-state index < -0.39 is 17.4 Å². The summed E-state index contributed by atoms with van der Waals surface area (Å²) in [5.74, 6) is -2.16. The summed E-state index contributed by atoms with van der Waals surface area (Å²) in [5, 5.41) is 0. The zero-order valence-corrected chi connectivity index (χ0v) is 15.2. The van der Waals surface area contributed by atoms with E-state index >= 15 is 0 Å². The summed E-state index contributed by atoms with van der Waals surface area (Å²) in [6.07, 6.45) is 6.47. The Labute approximate surface area is 160 Å². The minimum Gasteiger partial charge on any atom is -0.339 e. The molecule has 0 N–H and O–H groups in total. The molecule has 0 saturated carbocycles. The predicted molar refractivity (Wildman–Crippen MR) is 99.4 cm³/mol. The lowest BCUT2D eigenvalue weighted by molar-refractivity contribution is 0.0760. The van der Waals surface area contributed by atoms with E-state index in [1.165, 1.54) is 34.9 Å². The van der Waals surface area contributed by atoms with Gasteiger partial charge in [-0.1, -0.05) is 12.8 Å². The molecule has 1 aliphatic rings. The molecule has 4 rings (SSSR count). The zero-order valence-electron chi connectivity index (χ0n) is 15.2. The van der Waals surface area contributed by atoms with E-state index in [4.69, 9.17) is 0 Å². The van der Waals surface area contributed by atoms with Crippen molar-refractivity contribution in [1.29, 1.82) is 0 Å². The molecule has 0 unspecified atom stereocenters. The number of carbonyl (C=O) groups excluding carboxylic acids is 2. The van der Waals surface area contributed by atoms with Gasteiger partial charge < -0.3 is 4.90 Å². The molecule has 28 heavy (non-hydrogen) atoms. The largest absolute Gasteiger partial charge is 0.339 e. The van der Waals surface area contributed by atoms with Crippen molar-refractivity contribution in [2.75, 3.05) is 13.1 Å². The van der Waals surface area contributed by atoms with Gasteiger partial charge in [-0.25, -0.2) is 13.8 Å². The first kappa shape index (κ1) is 18.3. The fourth-order valence-corrected chi connectivity index (χ4v) is 3.55. The maximum absolute atomic E-state index is 14.7. The number of benzene rings is 1. The van der Waals surface area contributed by atoms with Crippen LogP contribution < -0.4 is 0 Å². The summed E-state index contributed by atoms with van der Waals surface area (Å²) in [5.41, 5.74) is 0.483. The maximum atomic E-state index is 14.7. The average molecular weight is 383 g/mol. The highest BCUT2D eigenvalue weighted by Crippen LogP contribution is 2.19. The lowest BCUT2D eigenvalue weighted by Gasteiger charge is -2.20. The van der Waals surface area contributed by atoms with Gasteiger partial charge in [-0.15, -0.1) is 0 Å². The number of ketones is 1. The molecule has 1 aromatic carbocycles. The van der Waals surface area contributed by atoms with Crippen LogP contribution in [0, 0.1) is 11.6 Å². The third kappa shape index (κ3) is 3.40. The zero-order chi connectivity index (χ0) is 19.7. The first-order valence-electron chi connectivity index (χ1n) is 9.31. The Kier molecular flexibility index (Phi) is 4.90. The van der Waals surface area contributed by atoms with Crippen molar-refractivity contribution in [2.24, 2.45) is 0 Å².